The summed E-state index contributed by atoms with van der Waals surface area (Å²) >= 11 is 9.79. The van der Waals surface area contributed by atoms with Crippen molar-refractivity contribution >= 4 is 27.5 Å². The minimum atomic E-state index is 0.117. The highest BCUT2D eigenvalue weighted by atomic mass is 79.9. The van der Waals surface area contributed by atoms with Gasteiger partial charge in [-0.2, -0.15) is 0 Å². The maximum absolute atomic E-state index is 6.35. The molecule has 0 aromatic heterocycles. The smallest absolute Gasteiger partial charge is 0.0464 e. The van der Waals surface area contributed by atoms with Crippen molar-refractivity contribution in [1.82, 2.24) is 4.90 Å². The Morgan fingerprint density at radius 2 is 2.05 bits per heavy atom. The molecule has 1 aromatic carbocycles. The fraction of sp³-hybridized carbons (Fsp3) is 0.600. The van der Waals surface area contributed by atoms with Crippen molar-refractivity contribution in [3.8, 4) is 0 Å². The Kier molecular flexibility index (Phi) is 6.31. The molecule has 0 spiro atoms. The van der Waals surface area contributed by atoms with Crippen LogP contribution in [0.1, 0.15) is 39.3 Å². The van der Waals surface area contributed by atoms with Crippen LogP contribution in [-0.2, 0) is 0 Å². The third kappa shape index (κ3) is 4.75. The molecule has 0 saturated heterocycles. The summed E-state index contributed by atoms with van der Waals surface area (Å²) in [7, 11) is 0. The molecule has 0 bridgehead atoms. The van der Waals surface area contributed by atoms with E-state index in [4.69, 9.17) is 17.3 Å². The number of hydrogen-bond acceptors (Lipinski definition) is 2. The molecule has 0 aliphatic heterocycles. The molecule has 0 radical (unpaired) electrons. The first kappa shape index (κ1) is 17.0. The minimum Gasteiger partial charge on any atom is -0.330 e. The highest BCUT2D eigenvalue weighted by molar-refractivity contribution is 9.10. The SMILES string of the molecule is CCN(CC(C)(C)CN)C(C)c1ccc(Br)cc1Cl. The normalized spacial score (nSPS) is 13.9. The average molecular weight is 348 g/mol. The van der Waals surface area contributed by atoms with Gasteiger partial charge in [-0.05, 0) is 43.1 Å². The van der Waals surface area contributed by atoms with E-state index in [0.717, 1.165) is 22.6 Å². The fourth-order valence-electron chi connectivity index (χ4n) is 2.17. The van der Waals surface area contributed by atoms with Gasteiger partial charge >= 0.3 is 0 Å². The van der Waals surface area contributed by atoms with E-state index in [0.29, 0.717) is 6.54 Å². The van der Waals surface area contributed by atoms with Crippen LogP contribution < -0.4 is 5.73 Å². The van der Waals surface area contributed by atoms with Crippen molar-refractivity contribution in [1.29, 1.82) is 0 Å². The Hall–Kier alpha value is -0.0900. The summed E-state index contributed by atoms with van der Waals surface area (Å²) in [5, 5.41) is 0.811. The molecule has 0 saturated carbocycles. The van der Waals surface area contributed by atoms with E-state index in [9.17, 15) is 0 Å². The van der Waals surface area contributed by atoms with Gasteiger partial charge in [-0.1, -0.05) is 54.4 Å². The van der Waals surface area contributed by atoms with E-state index >= 15 is 0 Å². The summed E-state index contributed by atoms with van der Waals surface area (Å²) < 4.78 is 1.01. The molecule has 1 aromatic rings. The molecule has 0 amide bonds. The van der Waals surface area contributed by atoms with Crippen LogP contribution in [-0.4, -0.2) is 24.5 Å². The molecule has 1 rings (SSSR count). The molecule has 0 heterocycles. The number of nitrogens with two attached hydrogens (primary N) is 1. The highest BCUT2D eigenvalue weighted by Crippen LogP contribution is 2.31. The van der Waals surface area contributed by atoms with Gasteiger partial charge in [0.05, 0.1) is 0 Å². The molecule has 0 aliphatic rings. The summed E-state index contributed by atoms with van der Waals surface area (Å²) in [4.78, 5) is 2.42. The van der Waals surface area contributed by atoms with Crippen molar-refractivity contribution in [2.45, 2.75) is 33.7 Å². The molecule has 108 valence electrons. The predicted octanol–water partition coefficient (Wildman–Crippen LogP) is 4.47. The van der Waals surface area contributed by atoms with E-state index in [1.807, 2.05) is 12.1 Å². The zero-order chi connectivity index (χ0) is 14.6. The first-order chi connectivity index (χ1) is 8.80. The van der Waals surface area contributed by atoms with Crippen molar-refractivity contribution in [2.24, 2.45) is 11.1 Å². The van der Waals surface area contributed by atoms with E-state index in [1.165, 1.54) is 5.56 Å². The van der Waals surface area contributed by atoms with Crippen LogP contribution >= 0.6 is 27.5 Å². The van der Waals surface area contributed by atoms with Crippen molar-refractivity contribution in [2.75, 3.05) is 19.6 Å². The molecular weight excluding hydrogens is 324 g/mol. The fourth-order valence-corrected chi connectivity index (χ4v) is 3.01. The third-order valence-corrected chi connectivity index (χ3v) is 4.37. The molecule has 4 heteroatoms. The van der Waals surface area contributed by atoms with Gasteiger partial charge in [0.1, 0.15) is 0 Å². The molecule has 2 N–H and O–H groups in total. The van der Waals surface area contributed by atoms with E-state index in [1.54, 1.807) is 0 Å². The summed E-state index contributed by atoms with van der Waals surface area (Å²) in [5.74, 6) is 0. The van der Waals surface area contributed by atoms with Gasteiger partial charge < -0.3 is 5.73 Å². The number of nitrogens with zero attached hydrogens (tertiary/aromatic N) is 1. The van der Waals surface area contributed by atoms with Gasteiger partial charge in [-0.25, -0.2) is 0 Å². The summed E-state index contributed by atoms with van der Waals surface area (Å²) in [6.45, 7) is 11.4. The Balaban J connectivity index is 2.92. The van der Waals surface area contributed by atoms with Gasteiger partial charge in [-0.3, -0.25) is 4.90 Å². The number of rotatable bonds is 6. The summed E-state index contributed by atoms with van der Waals surface area (Å²) in [6.07, 6.45) is 0. The van der Waals surface area contributed by atoms with Crippen LogP contribution in [0.5, 0.6) is 0 Å². The van der Waals surface area contributed by atoms with Crippen molar-refractivity contribution in [3.63, 3.8) is 0 Å². The Morgan fingerprint density at radius 3 is 2.53 bits per heavy atom. The second-order valence-corrected chi connectivity index (χ2v) is 7.10. The maximum atomic E-state index is 6.35. The Bertz CT molecular complexity index is 421. The summed E-state index contributed by atoms with van der Waals surface area (Å²) in [6, 6.07) is 6.38. The van der Waals surface area contributed by atoms with E-state index < -0.39 is 0 Å². The monoisotopic (exact) mass is 346 g/mol. The molecule has 1 atom stereocenters. The molecule has 2 nitrogen and oxygen atoms in total. The van der Waals surface area contributed by atoms with Crippen LogP contribution in [0.2, 0.25) is 5.02 Å². The lowest BCUT2D eigenvalue weighted by molar-refractivity contribution is 0.148. The predicted molar refractivity (Wildman–Crippen MR) is 87.6 cm³/mol. The van der Waals surface area contributed by atoms with Crippen LogP contribution in [0, 0.1) is 5.41 Å². The van der Waals surface area contributed by atoms with Crippen LogP contribution in [0.4, 0.5) is 0 Å². The van der Waals surface area contributed by atoms with Crippen LogP contribution in [0.15, 0.2) is 22.7 Å². The minimum absolute atomic E-state index is 0.117. The molecule has 0 aliphatic carbocycles. The Labute approximate surface area is 130 Å². The second kappa shape index (κ2) is 7.07. The zero-order valence-corrected chi connectivity index (χ0v) is 14.6. The number of hydrogen-bond donors (Lipinski definition) is 1. The van der Waals surface area contributed by atoms with Crippen molar-refractivity contribution in [3.05, 3.63) is 33.3 Å². The van der Waals surface area contributed by atoms with Gasteiger partial charge in [0, 0.05) is 22.1 Å². The van der Waals surface area contributed by atoms with Crippen molar-refractivity contribution < 1.29 is 0 Å². The lowest BCUT2D eigenvalue weighted by Gasteiger charge is -2.35. The molecular formula is C15H24BrClN2. The highest BCUT2D eigenvalue weighted by Gasteiger charge is 2.24. The van der Waals surface area contributed by atoms with Gasteiger partial charge in [-0.15, -0.1) is 0 Å². The molecule has 19 heavy (non-hydrogen) atoms. The maximum Gasteiger partial charge on any atom is 0.0464 e. The lowest BCUT2D eigenvalue weighted by Crippen LogP contribution is -2.40. The second-order valence-electron chi connectivity index (χ2n) is 5.77. The average Bonchev–Trinajstić information content (AvgIpc) is 2.35. The number of halogens is 2. The quantitative estimate of drug-likeness (QED) is 0.822. The third-order valence-electron chi connectivity index (χ3n) is 3.55. The molecule has 1 unspecified atom stereocenters. The zero-order valence-electron chi connectivity index (χ0n) is 12.2. The Morgan fingerprint density at radius 1 is 1.42 bits per heavy atom. The standard InChI is InChI=1S/C15H24BrClN2/c1-5-19(10-15(3,4)9-18)11(2)13-7-6-12(16)8-14(13)17/h6-8,11H,5,9-10,18H2,1-4H3. The van der Waals surface area contributed by atoms with E-state index in [-0.39, 0.29) is 11.5 Å². The molecule has 0 fully saturated rings. The first-order valence-corrected chi connectivity index (χ1v) is 7.87. The largest absolute Gasteiger partial charge is 0.330 e. The van der Waals surface area contributed by atoms with Crippen LogP contribution in [0.25, 0.3) is 0 Å². The first-order valence-electron chi connectivity index (χ1n) is 6.70. The van der Waals surface area contributed by atoms with Gasteiger partial charge in [0.15, 0.2) is 0 Å². The van der Waals surface area contributed by atoms with Gasteiger partial charge in [0.2, 0.25) is 0 Å². The van der Waals surface area contributed by atoms with Gasteiger partial charge in [0.25, 0.3) is 0 Å². The van der Waals surface area contributed by atoms with Crippen LogP contribution in [0.3, 0.4) is 0 Å². The topological polar surface area (TPSA) is 29.3 Å². The number of benzene rings is 1. The van der Waals surface area contributed by atoms with E-state index in [2.05, 4.69) is 54.6 Å². The summed E-state index contributed by atoms with van der Waals surface area (Å²) in [5.41, 5.74) is 7.12. The lowest BCUT2D eigenvalue weighted by atomic mass is 9.92.